The molecule has 0 atom stereocenters. The molecule has 8 heteroatoms. The van der Waals surface area contributed by atoms with Crippen LogP contribution in [-0.4, -0.2) is 44.8 Å². The lowest BCUT2D eigenvalue weighted by atomic mass is 10.1. The van der Waals surface area contributed by atoms with Gasteiger partial charge in [-0.2, -0.15) is 0 Å². The number of carbonyl (C=O) groups excluding carboxylic acids is 2. The van der Waals surface area contributed by atoms with E-state index < -0.39 is 22.5 Å². The molecule has 0 saturated carbocycles. The van der Waals surface area contributed by atoms with Gasteiger partial charge in [0.25, 0.3) is 15.9 Å². The highest BCUT2D eigenvalue weighted by atomic mass is 32.2. The average molecular weight is 492 g/mol. The van der Waals surface area contributed by atoms with E-state index in [2.05, 4.69) is 5.32 Å². The number of likely N-dealkylation sites (tertiary alicyclic amines) is 1. The van der Waals surface area contributed by atoms with E-state index in [0.29, 0.717) is 30.0 Å². The van der Waals surface area contributed by atoms with Gasteiger partial charge in [-0.05, 0) is 62.1 Å². The Morgan fingerprint density at radius 3 is 2.20 bits per heavy atom. The van der Waals surface area contributed by atoms with Crippen LogP contribution >= 0.6 is 0 Å². The molecule has 1 aliphatic heterocycles. The highest BCUT2D eigenvalue weighted by molar-refractivity contribution is 7.92. The maximum atomic E-state index is 13.5. The number of benzene rings is 3. The minimum Gasteiger partial charge on any atom is -0.339 e. The molecule has 4 rings (SSSR count). The van der Waals surface area contributed by atoms with Gasteiger partial charge < -0.3 is 10.2 Å². The largest absolute Gasteiger partial charge is 0.339 e. The van der Waals surface area contributed by atoms with Crippen LogP contribution in [0.25, 0.3) is 0 Å². The molecule has 1 fully saturated rings. The number of para-hydroxylation sites is 2. The van der Waals surface area contributed by atoms with Crippen LogP contribution in [0.2, 0.25) is 0 Å². The van der Waals surface area contributed by atoms with Gasteiger partial charge in [0.1, 0.15) is 6.54 Å². The number of carbonyl (C=O) groups is 2. The third-order valence-corrected chi connectivity index (χ3v) is 7.85. The predicted molar refractivity (Wildman–Crippen MR) is 137 cm³/mol. The first-order chi connectivity index (χ1) is 16.9. The van der Waals surface area contributed by atoms with Gasteiger partial charge in [-0.25, -0.2) is 8.42 Å². The second kappa shape index (κ2) is 10.7. The predicted octanol–water partition coefficient (Wildman–Crippen LogP) is 4.46. The van der Waals surface area contributed by atoms with E-state index in [4.69, 9.17) is 0 Å². The minimum absolute atomic E-state index is 0.0942. The summed E-state index contributed by atoms with van der Waals surface area (Å²) in [6, 6.07) is 21.9. The van der Waals surface area contributed by atoms with Crippen LogP contribution in [0.5, 0.6) is 0 Å². The summed E-state index contributed by atoms with van der Waals surface area (Å²) in [6.45, 7) is 2.75. The summed E-state index contributed by atoms with van der Waals surface area (Å²) in [7, 11) is -4.01. The molecule has 7 nitrogen and oxygen atoms in total. The Hall–Kier alpha value is -3.65. The van der Waals surface area contributed by atoms with Gasteiger partial charge in [0.15, 0.2) is 0 Å². The van der Waals surface area contributed by atoms with E-state index in [1.165, 1.54) is 12.1 Å². The lowest BCUT2D eigenvalue weighted by molar-refractivity contribution is -0.114. The molecule has 182 valence electrons. The van der Waals surface area contributed by atoms with Crippen LogP contribution in [0.3, 0.4) is 0 Å². The highest BCUT2D eigenvalue weighted by Crippen LogP contribution is 2.27. The number of rotatable bonds is 7. The van der Waals surface area contributed by atoms with E-state index in [0.717, 1.165) is 29.1 Å². The molecule has 35 heavy (non-hydrogen) atoms. The molecule has 1 N–H and O–H groups in total. The van der Waals surface area contributed by atoms with Crippen molar-refractivity contribution in [3.63, 3.8) is 0 Å². The van der Waals surface area contributed by atoms with Crippen molar-refractivity contribution in [2.75, 3.05) is 29.3 Å². The number of hydrogen-bond acceptors (Lipinski definition) is 4. The number of anilines is 2. The first kappa shape index (κ1) is 24.5. The standard InChI is InChI=1S/C27H29N3O4S/c1-21-12-6-9-17-25(21)30(35(33,34)22-13-4-2-5-14-22)20-26(31)28-24-16-8-7-15-23(24)27(32)29-18-10-3-11-19-29/h2,4-9,12-17H,3,10-11,18-20H2,1H3,(H,28,31). The lowest BCUT2D eigenvalue weighted by Crippen LogP contribution is -2.39. The molecule has 1 saturated heterocycles. The summed E-state index contributed by atoms with van der Waals surface area (Å²) in [5.74, 6) is -0.667. The van der Waals surface area contributed by atoms with Crippen LogP contribution in [0.1, 0.15) is 35.2 Å². The Balaban J connectivity index is 1.62. The molecule has 0 unspecified atom stereocenters. The first-order valence-electron chi connectivity index (χ1n) is 11.7. The quantitative estimate of drug-likeness (QED) is 0.529. The van der Waals surface area contributed by atoms with Gasteiger partial charge in [0.05, 0.1) is 21.8 Å². The van der Waals surface area contributed by atoms with Crippen molar-refractivity contribution in [1.29, 1.82) is 0 Å². The zero-order chi connectivity index (χ0) is 24.8. The van der Waals surface area contributed by atoms with E-state index >= 15 is 0 Å². The molecule has 1 aliphatic rings. The average Bonchev–Trinajstić information content (AvgIpc) is 2.89. The van der Waals surface area contributed by atoms with Gasteiger partial charge in [-0.15, -0.1) is 0 Å². The van der Waals surface area contributed by atoms with Crippen molar-refractivity contribution < 1.29 is 18.0 Å². The maximum absolute atomic E-state index is 13.5. The topological polar surface area (TPSA) is 86.8 Å². The maximum Gasteiger partial charge on any atom is 0.264 e. The molecule has 0 aliphatic carbocycles. The van der Waals surface area contributed by atoms with Crippen molar-refractivity contribution in [3.05, 3.63) is 90.0 Å². The number of hydrogen-bond donors (Lipinski definition) is 1. The van der Waals surface area contributed by atoms with E-state index in [1.54, 1.807) is 72.5 Å². The Kier molecular flexibility index (Phi) is 7.51. The molecule has 0 spiro atoms. The van der Waals surface area contributed by atoms with Crippen LogP contribution in [0.4, 0.5) is 11.4 Å². The van der Waals surface area contributed by atoms with Gasteiger partial charge in [0, 0.05) is 13.1 Å². The fraction of sp³-hybridized carbons (Fsp3) is 0.259. The van der Waals surface area contributed by atoms with Gasteiger partial charge in [-0.1, -0.05) is 48.5 Å². The summed E-state index contributed by atoms with van der Waals surface area (Å²) >= 11 is 0. The number of piperidine rings is 1. The Morgan fingerprint density at radius 2 is 1.49 bits per heavy atom. The molecule has 0 radical (unpaired) electrons. The molecule has 0 aromatic heterocycles. The second-order valence-corrected chi connectivity index (χ2v) is 10.4. The number of aryl methyl sites for hydroxylation is 1. The summed E-state index contributed by atoms with van der Waals surface area (Å²) in [5, 5.41) is 2.78. The molecule has 0 bridgehead atoms. The van der Waals surface area contributed by atoms with Crippen molar-refractivity contribution in [1.82, 2.24) is 4.90 Å². The Bertz CT molecular complexity index is 1300. The highest BCUT2D eigenvalue weighted by Gasteiger charge is 2.29. The summed E-state index contributed by atoms with van der Waals surface area (Å²) in [6.07, 6.45) is 3.03. The third kappa shape index (κ3) is 5.54. The van der Waals surface area contributed by atoms with E-state index in [1.807, 2.05) is 6.07 Å². The van der Waals surface area contributed by atoms with Crippen LogP contribution in [0.15, 0.2) is 83.8 Å². The number of nitrogens with one attached hydrogen (secondary N) is 1. The zero-order valence-electron chi connectivity index (χ0n) is 19.7. The fourth-order valence-corrected chi connectivity index (χ4v) is 5.74. The molecular weight excluding hydrogens is 462 g/mol. The molecule has 1 heterocycles. The molecule has 3 aromatic rings. The second-order valence-electron chi connectivity index (χ2n) is 8.56. The van der Waals surface area contributed by atoms with Gasteiger partial charge in [0.2, 0.25) is 5.91 Å². The number of nitrogens with zero attached hydrogens (tertiary/aromatic N) is 2. The molecule has 2 amide bonds. The van der Waals surface area contributed by atoms with E-state index in [-0.39, 0.29) is 10.8 Å². The van der Waals surface area contributed by atoms with Crippen molar-refractivity contribution in [2.45, 2.75) is 31.1 Å². The fourth-order valence-electron chi connectivity index (χ4n) is 4.23. The number of sulfonamides is 1. The van der Waals surface area contributed by atoms with Crippen LogP contribution in [0, 0.1) is 6.92 Å². The lowest BCUT2D eigenvalue weighted by Gasteiger charge is -2.28. The molecule has 3 aromatic carbocycles. The summed E-state index contributed by atoms with van der Waals surface area (Å²) < 4.78 is 28.2. The van der Waals surface area contributed by atoms with Crippen molar-refractivity contribution >= 4 is 33.2 Å². The van der Waals surface area contributed by atoms with Gasteiger partial charge >= 0.3 is 0 Å². The van der Waals surface area contributed by atoms with Gasteiger partial charge in [-0.3, -0.25) is 13.9 Å². The molecular formula is C27H29N3O4S. The third-order valence-electron chi connectivity index (χ3n) is 6.08. The zero-order valence-corrected chi connectivity index (χ0v) is 20.5. The summed E-state index contributed by atoms with van der Waals surface area (Å²) in [4.78, 5) is 28.2. The normalized spacial score (nSPS) is 13.8. The van der Waals surface area contributed by atoms with Crippen molar-refractivity contribution in [3.8, 4) is 0 Å². The minimum atomic E-state index is -4.01. The number of amides is 2. The Labute approximate surface area is 206 Å². The monoisotopic (exact) mass is 491 g/mol. The van der Waals surface area contributed by atoms with E-state index in [9.17, 15) is 18.0 Å². The Morgan fingerprint density at radius 1 is 0.857 bits per heavy atom. The first-order valence-corrected chi connectivity index (χ1v) is 13.1. The summed E-state index contributed by atoms with van der Waals surface area (Å²) in [5.41, 5.74) is 1.91. The SMILES string of the molecule is Cc1ccccc1N(CC(=O)Nc1ccccc1C(=O)N1CCCCC1)S(=O)(=O)c1ccccc1. The van der Waals surface area contributed by atoms with Crippen molar-refractivity contribution in [2.24, 2.45) is 0 Å². The van der Waals surface area contributed by atoms with Crippen LogP contribution in [-0.2, 0) is 14.8 Å². The smallest absolute Gasteiger partial charge is 0.264 e. The van der Waals surface area contributed by atoms with Crippen LogP contribution < -0.4 is 9.62 Å².